The van der Waals surface area contributed by atoms with Crippen LogP contribution < -0.4 is 9.47 Å². The molecule has 1 fully saturated rings. The maximum Gasteiger partial charge on any atom is 0.341 e. The number of halogens is 1. The molecule has 0 bridgehead atoms. The number of hydrogen-bond acceptors (Lipinski definition) is 4. The minimum atomic E-state index is -1.00. The molecule has 0 unspecified atom stereocenters. The van der Waals surface area contributed by atoms with Gasteiger partial charge in [-0.05, 0) is 80.4 Å². The summed E-state index contributed by atoms with van der Waals surface area (Å²) < 4.78 is 12.1. The van der Waals surface area contributed by atoms with Gasteiger partial charge in [-0.15, -0.1) is 0 Å². The standard InChI is InChI=1S/C24H26BrNO4/c1-18-12-22(7-8-23(18)30-17-24(27)28)29-16-20-13-19(14-21(25)15-20)6-5-11-26-9-3-2-4-10-26/h7-8,12-15H,2-4,9-11,16-17H2,1H3,(H,27,28). The van der Waals surface area contributed by atoms with Gasteiger partial charge < -0.3 is 14.6 Å². The maximum atomic E-state index is 10.6. The summed E-state index contributed by atoms with van der Waals surface area (Å²) in [6.07, 6.45) is 3.87. The van der Waals surface area contributed by atoms with E-state index < -0.39 is 5.97 Å². The summed E-state index contributed by atoms with van der Waals surface area (Å²) in [6.45, 7) is 5.01. The molecular formula is C24H26BrNO4. The first-order chi connectivity index (χ1) is 14.5. The van der Waals surface area contributed by atoms with Crippen molar-refractivity contribution >= 4 is 21.9 Å². The number of piperidine rings is 1. The number of carbonyl (C=O) groups is 1. The molecule has 1 aliphatic rings. The molecule has 6 heteroatoms. The number of nitrogens with zero attached hydrogens (tertiary/aromatic N) is 1. The predicted molar refractivity (Wildman–Crippen MR) is 120 cm³/mol. The highest BCUT2D eigenvalue weighted by atomic mass is 79.9. The summed E-state index contributed by atoms with van der Waals surface area (Å²) in [6, 6.07) is 11.4. The monoisotopic (exact) mass is 471 g/mol. The van der Waals surface area contributed by atoms with Crippen LogP contribution in [0.2, 0.25) is 0 Å². The number of benzene rings is 2. The second-order valence-corrected chi connectivity index (χ2v) is 8.30. The first-order valence-corrected chi connectivity index (χ1v) is 10.9. The van der Waals surface area contributed by atoms with Gasteiger partial charge in [0, 0.05) is 10.0 Å². The molecule has 0 atom stereocenters. The summed E-state index contributed by atoms with van der Waals surface area (Å²) in [5, 5.41) is 8.73. The fraction of sp³-hybridized carbons (Fsp3) is 0.375. The number of carboxylic acid groups (broad SMARTS) is 1. The molecule has 0 aliphatic carbocycles. The SMILES string of the molecule is Cc1cc(OCc2cc(Br)cc(C#CCN3CCCCC3)c2)ccc1OCC(=O)O. The molecule has 0 radical (unpaired) electrons. The number of carboxylic acids is 1. The van der Waals surface area contributed by atoms with Crippen LogP contribution in [0.15, 0.2) is 40.9 Å². The smallest absolute Gasteiger partial charge is 0.341 e. The van der Waals surface area contributed by atoms with Crippen LogP contribution in [-0.4, -0.2) is 42.2 Å². The normalized spacial score (nSPS) is 13.9. The Hall–Kier alpha value is -2.49. The highest BCUT2D eigenvalue weighted by Gasteiger charge is 2.08. The van der Waals surface area contributed by atoms with Crippen molar-refractivity contribution in [3.05, 3.63) is 57.6 Å². The summed E-state index contributed by atoms with van der Waals surface area (Å²) in [4.78, 5) is 13.1. The highest BCUT2D eigenvalue weighted by molar-refractivity contribution is 9.10. The van der Waals surface area contributed by atoms with Gasteiger partial charge in [0.05, 0.1) is 6.54 Å². The molecule has 0 saturated carbocycles. The van der Waals surface area contributed by atoms with Gasteiger partial charge >= 0.3 is 5.97 Å². The lowest BCUT2D eigenvalue weighted by molar-refractivity contribution is -0.139. The summed E-state index contributed by atoms with van der Waals surface area (Å²) in [7, 11) is 0. The second-order valence-electron chi connectivity index (χ2n) is 7.39. The van der Waals surface area contributed by atoms with Crippen molar-refractivity contribution in [2.75, 3.05) is 26.2 Å². The Bertz CT molecular complexity index is 942. The van der Waals surface area contributed by atoms with Crippen molar-refractivity contribution < 1.29 is 19.4 Å². The van der Waals surface area contributed by atoms with Crippen molar-refractivity contribution in [3.8, 4) is 23.3 Å². The fourth-order valence-corrected chi connectivity index (χ4v) is 3.90. The predicted octanol–water partition coefficient (Wildman–Crippen LogP) is 4.64. The number of rotatable bonds is 7. The van der Waals surface area contributed by atoms with Crippen LogP contribution in [0.4, 0.5) is 0 Å². The molecule has 1 N–H and O–H groups in total. The zero-order chi connectivity index (χ0) is 21.3. The summed E-state index contributed by atoms with van der Waals surface area (Å²) in [5.74, 6) is 6.80. The maximum absolute atomic E-state index is 10.6. The van der Waals surface area contributed by atoms with Gasteiger partial charge in [0.15, 0.2) is 6.61 Å². The number of aryl methyl sites for hydroxylation is 1. The summed E-state index contributed by atoms with van der Waals surface area (Å²) in [5.41, 5.74) is 2.82. The minimum absolute atomic E-state index is 0.360. The van der Waals surface area contributed by atoms with Crippen molar-refractivity contribution in [2.24, 2.45) is 0 Å². The fourth-order valence-electron chi connectivity index (χ4n) is 3.36. The van der Waals surface area contributed by atoms with Gasteiger partial charge in [0.1, 0.15) is 18.1 Å². The van der Waals surface area contributed by atoms with Gasteiger partial charge in [-0.2, -0.15) is 0 Å². The quantitative estimate of drug-likeness (QED) is 0.596. The molecule has 2 aromatic rings. The van der Waals surface area contributed by atoms with E-state index in [0.29, 0.717) is 18.1 Å². The van der Waals surface area contributed by atoms with E-state index in [2.05, 4.69) is 32.7 Å². The molecule has 1 aliphatic heterocycles. The Morgan fingerprint density at radius 3 is 2.67 bits per heavy atom. The molecule has 0 spiro atoms. The zero-order valence-corrected chi connectivity index (χ0v) is 18.7. The van der Waals surface area contributed by atoms with Crippen molar-refractivity contribution in [1.82, 2.24) is 4.90 Å². The van der Waals surface area contributed by atoms with Crippen LogP contribution in [0.1, 0.15) is 36.0 Å². The number of hydrogen-bond donors (Lipinski definition) is 1. The van der Waals surface area contributed by atoms with E-state index in [-0.39, 0.29) is 6.61 Å². The van der Waals surface area contributed by atoms with Gasteiger partial charge in [-0.3, -0.25) is 4.90 Å². The van der Waals surface area contributed by atoms with Gasteiger partial charge in [0.2, 0.25) is 0 Å². The molecular weight excluding hydrogens is 446 g/mol. The lowest BCUT2D eigenvalue weighted by atomic mass is 10.1. The lowest BCUT2D eigenvalue weighted by Crippen LogP contribution is -2.29. The van der Waals surface area contributed by atoms with E-state index in [1.807, 2.05) is 31.2 Å². The molecule has 158 valence electrons. The third-order valence-corrected chi connectivity index (χ3v) is 5.30. The Morgan fingerprint density at radius 1 is 1.13 bits per heavy atom. The van der Waals surface area contributed by atoms with Crippen LogP contribution in [0, 0.1) is 18.8 Å². The van der Waals surface area contributed by atoms with E-state index in [1.165, 1.54) is 19.3 Å². The molecule has 1 saturated heterocycles. The third-order valence-electron chi connectivity index (χ3n) is 4.84. The van der Waals surface area contributed by atoms with Crippen LogP contribution in [0.3, 0.4) is 0 Å². The average Bonchev–Trinajstić information content (AvgIpc) is 2.72. The molecule has 30 heavy (non-hydrogen) atoms. The van der Waals surface area contributed by atoms with Crippen molar-refractivity contribution in [3.63, 3.8) is 0 Å². The van der Waals surface area contributed by atoms with Crippen LogP contribution in [0.5, 0.6) is 11.5 Å². The summed E-state index contributed by atoms with van der Waals surface area (Å²) >= 11 is 3.56. The third kappa shape index (κ3) is 7.08. The van der Waals surface area contributed by atoms with E-state index >= 15 is 0 Å². The first kappa shape index (κ1) is 22.2. The largest absolute Gasteiger partial charge is 0.489 e. The Kier molecular flexibility index (Phi) is 8.18. The second kappa shape index (κ2) is 11.1. The zero-order valence-electron chi connectivity index (χ0n) is 17.1. The van der Waals surface area contributed by atoms with Gasteiger partial charge in [-0.1, -0.05) is 34.2 Å². The van der Waals surface area contributed by atoms with Crippen LogP contribution in [0.25, 0.3) is 0 Å². The van der Waals surface area contributed by atoms with Gasteiger partial charge in [-0.25, -0.2) is 4.79 Å². The molecule has 0 amide bonds. The molecule has 2 aromatic carbocycles. The lowest BCUT2D eigenvalue weighted by Gasteiger charge is -2.23. The minimum Gasteiger partial charge on any atom is -0.489 e. The van der Waals surface area contributed by atoms with Crippen LogP contribution >= 0.6 is 15.9 Å². The van der Waals surface area contributed by atoms with E-state index in [0.717, 1.165) is 40.8 Å². The molecule has 3 rings (SSSR count). The molecule has 0 aromatic heterocycles. The first-order valence-electron chi connectivity index (χ1n) is 10.1. The van der Waals surface area contributed by atoms with Crippen LogP contribution in [-0.2, 0) is 11.4 Å². The average molecular weight is 472 g/mol. The molecule has 5 nitrogen and oxygen atoms in total. The van der Waals surface area contributed by atoms with Crippen molar-refractivity contribution in [2.45, 2.75) is 32.8 Å². The number of ether oxygens (including phenoxy) is 2. The van der Waals surface area contributed by atoms with E-state index in [9.17, 15) is 4.79 Å². The Balaban J connectivity index is 1.59. The Labute approximate surface area is 186 Å². The number of likely N-dealkylation sites (tertiary alicyclic amines) is 1. The van der Waals surface area contributed by atoms with Gasteiger partial charge in [0.25, 0.3) is 0 Å². The number of aliphatic carboxylic acids is 1. The van der Waals surface area contributed by atoms with E-state index in [4.69, 9.17) is 14.6 Å². The Morgan fingerprint density at radius 2 is 1.93 bits per heavy atom. The highest BCUT2D eigenvalue weighted by Crippen LogP contribution is 2.24. The van der Waals surface area contributed by atoms with Crippen molar-refractivity contribution in [1.29, 1.82) is 0 Å². The molecule has 1 heterocycles. The topological polar surface area (TPSA) is 59.0 Å². The van der Waals surface area contributed by atoms with E-state index in [1.54, 1.807) is 12.1 Å².